The summed E-state index contributed by atoms with van der Waals surface area (Å²) in [5.41, 5.74) is 1.91. The van der Waals surface area contributed by atoms with E-state index < -0.39 is 0 Å². The van der Waals surface area contributed by atoms with Gasteiger partial charge in [-0.05, 0) is 35.0 Å². The molecule has 1 aromatic carbocycles. The standard InChI is InChI=1S/C17H12N4/c1-20-9-11-7-14-13-3-2-4-18-16(13)21-6-5-19-17(21)15(14)8-12(11)10-20/h2-10H,1H3. The highest BCUT2D eigenvalue weighted by Crippen LogP contribution is 2.31. The Bertz CT molecular complexity index is 1150. The second-order valence-corrected chi connectivity index (χ2v) is 5.45. The van der Waals surface area contributed by atoms with Crippen LogP contribution in [0.3, 0.4) is 0 Å². The summed E-state index contributed by atoms with van der Waals surface area (Å²) in [5, 5.41) is 6.00. The molecule has 0 aliphatic carbocycles. The van der Waals surface area contributed by atoms with Crippen molar-refractivity contribution in [2.24, 2.45) is 7.05 Å². The first kappa shape index (κ1) is 10.9. The molecule has 4 heteroatoms. The number of fused-ring (bicyclic) bond motifs is 7. The van der Waals surface area contributed by atoms with Crippen LogP contribution in [0, 0.1) is 0 Å². The van der Waals surface area contributed by atoms with Crippen LogP contribution in [0.25, 0.3) is 38.2 Å². The third-order valence-electron chi connectivity index (χ3n) is 4.10. The van der Waals surface area contributed by atoms with Gasteiger partial charge in [-0.3, -0.25) is 4.40 Å². The highest BCUT2D eigenvalue weighted by Gasteiger charge is 2.11. The van der Waals surface area contributed by atoms with E-state index in [2.05, 4.69) is 56.6 Å². The Morgan fingerprint density at radius 2 is 1.57 bits per heavy atom. The van der Waals surface area contributed by atoms with Crippen LogP contribution in [0.2, 0.25) is 0 Å². The summed E-state index contributed by atoms with van der Waals surface area (Å²) in [6.45, 7) is 0. The van der Waals surface area contributed by atoms with Crippen molar-refractivity contribution < 1.29 is 0 Å². The predicted molar refractivity (Wildman–Crippen MR) is 84.5 cm³/mol. The molecule has 0 saturated carbocycles. The molecule has 0 spiro atoms. The molecule has 5 rings (SSSR count). The lowest BCUT2D eigenvalue weighted by Crippen LogP contribution is -1.92. The Labute approximate surface area is 120 Å². The minimum absolute atomic E-state index is 0.952. The average molecular weight is 272 g/mol. The fourth-order valence-electron chi connectivity index (χ4n) is 3.21. The van der Waals surface area contributed by atoms with Crippen molar-refractivity contribution in [3.05, 3.63) is 55.2 Å². The number of aryl methyl sites for hydroxylation is 1. The van der Waals surface area contributed by atoms with E-state index in [0.29, 0.717) is 0 Å². The Hall–Kier alpha value is -2.88. The van der Waals surface area contributed by atoms with Crippen LogP contribution >= 0.6 is 0 Å². The lowest BCUT2D eigenvalue weighted by Gasteiger charge is -2.07. The summed E-state index contributed by atoms with van der Waals surface area (Å²) < 4.78 is 4.15. The fourth-order valence-corrected chi connectivity index (χ4v) is 3.21. The third kappa shape index (κ3) is 1.34. The summed E-state index contributed by atoms with van der Waals surface area (Å²) in [5.74, 6) is 0. The van der Waals surface area contributed by atoms with Crippen molar-refractivity contribution in [3.8, 4) is 0 Å². The van der Waals surface area contributed by atoms with Gasteiger partial charge < -0.3 is 4.57 Å². The summed E-state index contributed by atoms with van der Waals surface area (Å²) >= 11 is 0. The molecular formula is C17H12N4. The van der Waals surface area contributed by atoms with Crippen LogP contribution in [0.5, 0.6) is 0 Å². The Morgan fingerprint density at radius 3 is 2.43 bits per heavy atom. The molecule has 0 amide bonds. The van der Waals surface area contributed by atoms with Crippen LogP contribution < -0.4 is 0 Å². The van der Waals surface area contributed by atoms with Crippen molar-refractivity contribution in [1.29, 1.82) is 0 Å². The van der Waals surface area contributed by atoms with Crippen LogP contribution in [0.1, 0.15) is 0 Å². The van der Waals surface area contributed by atoms with E-state index in [-0.39, 0.29) is 0 Å². The molecule has 0 aliphatic heterocycles. The number of pyridine rings is 2. The molecule has 21 heavy (non-hydrogen) atoms. The van der Waals surface area contributed by atoms with E-state index in [1.807, 2.05) is 24.7 Å². The van der Waals surface area contributed by atoms with E-state index in [0.717, 1.165) is 16.7 Å². The molecule has 0 saturated heterocycles. The quantitative estimate of drug-likeness (QED) is 0.404. The number of benzene rings is 1. The minimum Gasteiger partial charge on any atom is -0.356 e. The van der Waals surface area contributed by atoms with Gasteiger partial charge in [0.05, 0.1) is 0 Å². The molecule has 4 nitrogen and oxygen atoms in total. The van der Waals surface area contributed by atoms with Gasteiger partial charge >= 0.3 is 0 Å². The molecular weight excluding hydrogens is 260 g/mol. The topological polar surface area (TPSA) is 35.1 Å². The van der Waals surface area contributed by atoms with E-state index in [4.69, 9.17) is 0 Å². The SMILES string of the molecule is Cn1cc2cc3c4cccnc4n4ccnc4c3cc2c1. The molecule has 100 valence electrons. The van der Waals surface area contributed by atoms with Crippen LogP contribution in [-0.4, -0.2) is 18.9 Å². The first-order valence-corrected chi connectivity index (χ1v) is 6.90. The van der Waals surface area contributed by atoms with Crippen molar-refractivity contribution in [3.63, 3.8) is 0 Å². The van der Waals surface area contributed by atoms with E-state index in [1.54, 1.807) is 0 Å². The van der Waals surface area contributed by atoms with Gasteiger partial charge in [-0.15, -0.1) is 0 Å². The van der Waals surface area contributed by atoms with Crippen LogP contribution in [0.15, 0.2) is 55.2 Å². The molecule has 0 aliphatic rings. The van der Waals surface area contributed by atoms with Crippen molar-refractivity contribution in [1.82, 2.24) is 18.9 Å². The zero-order chi connectivity index (χ0) is 14.0. The monoisotopic (exact) mass is 272 g/mol. The predicted octanol–water partition coefficient (Wildman–Crippen LogP) is 3.53. The molecule has 0 atom stereocenters. The lowest BCUT2D eigenvalue weighted by molar-refractivity contribution is 0.934. The molecule has 5 aromatic rings. The third-order valence-corrected chi connectivity index (χ3v) is 4.10. The van der Waals surface area contributed by atoms with Crippen LogP contribution in [0.4, 0.5) is 0 Å². The van der Waals surface area contributed by atoms with E-state index in [1.165, 1.54) is 21.5 Å². The van der Waals surface area contributed by atoms with Gasteiger partial charge in [0.2, 0.25) is 0 Å². The van der Waals surface area contributed by atoms with Gasteiger partial charge in [0.15, 0.2) is 0 Å². The normalized spacial score (nSPS) is 12.0. The smallest absolute Gasteiger partial charge is 0.146 e. The van der Waals surface area contributed by atoms with Gasteiger partial charge in [-0.2, -0.15) is 0 Å². The first-order valence-electron chi connectivity index (χ1n) is 6.90. The Kier molecular flexibility index (Phi) is 1.86. The Morgan fingerprint density at radius 1 is 0.857 bits per heavy atom. The number of nitrogens with zero attached hydrogens (tertiary/aromatic N) is 4. The van der Waals surface area contributed by atoms with Gasteiger partial charge in [0.25, 0.3) is 0 Å². The molecule has 0 fully saturated rings. The number of hydrogen-bond acceptors (Lipinski definition) is 2. The second kappa shape index (κ2) is 3.61. The van der Waals surface area contributed by atoms with Crippen LogP contribution in [-0.2, 0) is 7.05 Å². The van der Waals surface area contributed by atoms with Gasteiger partial charge in [0, 0.05) is 54.2 Å². The van der Waals surface area contributed by atoms with E-state index >= 15 is 0 Å². The average Bonchev–Trinajstić information content (AvgIpc) is 3.10. The van der Waals surface area contributed by atoms with Gasteiger partial charge in [-0.25, -0.2) is 9.97 Å². The summed E-state index contributed by atoms with van der Waals surface area (Å²) in [6.07, 6.45) is 9.92. The van der Waals surface area contributed by atoms with Crippen molar-refractivity contribution in [2.45, 2.75) is 0 Å². The van der Waals surface area contributed by atoms with Crippen molar-refractivity contribution >= 4 is 38.2 Å². The lowest BCUT2D eigenvalue weighted by atomic mass is 10.0. The Balaban J connectivity index is 2.17. The zero-order valence-corrected chi connectivity index (χ0v) is 11.5. The fraction of sp³-hybridized carbons (Fsp3) is 0.0588. The number of aromatic nitrogens is 4. The minimum atomic E-state index is 0.952. The summed E-state index contributed by atoms with van der Waals surface area (Å²) in [7, 11) is 2.05. The van der Waals surface area contributed by atoms with Gasteiger partial charge in [0.1, 0.15) is 11.3 Å². The maximum atomic E-state index is 4.53. The molecule has 4 aromatic heterocycles. The molecule has 4 heterocycles. The highest BCUT2D eigenvalue weighted by atomic mass is 15.0. The summed E-state index contributed by atoms with van der Waals surface area (Å²) in [4.78, 5) is 9.06. The molecule has 0 radical (unpaired) electrons. The maximum Gasteiger partial charge on any atom is 0.146 e. The second-order valence-electron chi connectivity index (χ2n) is 5.45. The van der Waals surface area contributed by atoms with Crippen molar-refractivity contribution in [2.75, 3.05) is 0 Å². The molecule has 0 bridgehead atoms. The maximum absolute atomic E-state index is 4.53. The molecule has 0 unspecified atom stereocenters. The number of imidazole rings is 1. The largest absolute Gasteiger partial charge is 0.356 e. The number of rotatable bonds is 0. The van der Waals surface area contributed by atoms with E-state index in [9.17, 15) is 0 Å². The summed E-state index contributed by atoms with van der Waals surface area (Å²) in [6, 6.07) is 8.57. The first-order chi connectivity index (χ1) is 10.3. The van der Waals surface area contributed by atoms with Gasteiger partial charge in [-0.1, -0.05) is 0 Å². The number of hydrogen-bond donors (Lipinski definition) is 0. The highest BCUT2D eigenvalue weighted by molar-refractivity contribution is 6.15. The zero-order valence-electron chi connectivity index (χ0n) is 11.5. The molecule has 0 N–H and O–H groups in total.